The highest BCUT2D eigenvalue weighted by atomic mass is 32.1. The summed E-state index contributed by atoms with van der Waals surface area (Å²) in [5, 5.41) is 8.87. The Morgan fingerprint density at radius 3 is 2.75 bits per heavy atom. The monoisotopic (exact) mass is 400 g/mol. The first-order valence-corrected chi connectivity index (χ1v) is 11.2. The number of nitrogens with zero attached hydrogens (tertiary/aromatic N) is 4. The molecule has 0 saturated carbocycles. The number of hydrogen-bond donors (Lipinski definition) is 0. The molecule has 1 atom stereocenters. The number of aromatic nitrogens is 3. The largest absolute Gasteiger partial charge is 0.332 e. The molecule has 2 aliphatic heterocycles. The van der Waals surface area contributed by atoms with Crippen LogP contribution in [0, 0.1) is 13.8 Å². The number of carbonyl (C=O) groups is 2. The minimum absolute atomic E-state index is 0.00656. The van der Waals surface area contributed by atoms with Crippen molar-refractivity contribution in [1.82, 2.24) is 19.7 Å². The van der Waals surface area contributed by atoms with E-state index in [0.29, 0.717) is 0 Å². The molecule has 2 aromatic rings. The van der Waals surface area contributed by atoms with Crippen LogP contribution in [0.2, 0.25) is 0 Å². The first kappa shape index (κ1) is 19.3. The molecular formula is C21H28N4O2S. The molecular weight excluding hydrogens is 372 g/mol. The number of likely N-dealkylation sites (tertiary alicyclic amines) is 1. The molecule has 0 N–H and O–H groups in total. The third kappa shape index (κ3) is 3.77. The van der Waals surface area contributed by atoms with E-state index in [2.05, 4.69) is 14.8 Å². The molecule has 1 saturated heterocycles. The summed E-state index contributed by atoms with van der Waals surface area (Å²) in [6.07, 6.45) is 6.96. The first-order valence-electron chi connectivity index (χ1n) is 10.4. The molecule has 2 aliphatic rings. The zero-order valence-corrected chi connectivity index (χ0v) is 17.6. The van der Waals surface area contributed by atoms with Crippen molar-refractivity contribution in [3.63, 3.8) is 0 Å². The molecule has 1 amide bonds. The fourth-order valence-electron chi connectivity index (χ4n) is 4.49. The lowest BCUT2D eigenvalue weighted by Crippen LogP contribution is -2.32. The predicted octanol–water partition coefficient (Wildman–Crippen LogP) is 4.01. The minimum atomic E-state index is 0.00656. The number of ketones is 1. The highest BCUT2D eigenvalue weighted by Gasteiger charge is 2.34. The van der Waals surface area contributed by atoms with E-state index in [-0.39, 0.29) is 30.6 Å². The van der Waals surface area contributed by atoms with Gasteiger partial charge in [0.2, 0.25) is 5.91 Å². The summed E-state index contributed by atoms with van der Waals surface area (Å²) in [7, 11) is 0. The van der Waals surface area contributed by atoms with Gasteiger partial charge >= 0.3 is 0 Å². The molecule has 7 heteroatoms. The number of amides is 1. The highest BCUT2D eigenvalue weighted by Crippen LogP contribution is 2.33. The van der Waals surface area contributed by atoms with E-state index in [1.54, 1.807) is 11.3 Å². The Morgan fingerprint density at radius 2 is 1.96 bits per heavy atom. The summed E-state index contributed by atoms with van der Waals surface area (Å²) in [4.78, 5) is 29.6. The quantitative estimate of drug-likeness (QED) is 0.711. The average Bonchev–Trinajstić information content (AvgIpc) is 3.34. The number of fused-ring (bicyclic) bond motifs is 1. The Balaban J connectivity index is 1.43. The standard InChI is InChI=1S/C21H28N4O2S/c1-14-13-16(15(2)28-14)18(26)9-10-20(27)24-12-6-7-17(24)21-23-22-19-8-4-3-5-11-25(19)21/h13,17H,3-12H2,1-2H3. The zero-order valence-electron chi connectivity index (χ0n) is 16.7. The summed E-state index contributed by atoms with van der Waals surface area (Å²) in [6.45, 7) is 5.68. The van der Waals surface area contributed by atoms with Crippen LogP contribution in [-0.4, -0.2) is 37.9 Å². The number of Topliss-reactive ketones (excluding diaryl/α,β-unsaturated/α-hetero) is 1. The van der Waals surface area contributed by atoms with E-state index >= 15 is 0 Å². The molecule has 1 unspecified atom stereocenters. The number of aryl methyl sites for hydroxylation is 3. The van der Waals surface area contributed by atoms with Gasteiger partial charge in [-0.2, -0.15) is 0 Å². The van der Waals surface area contributed by atoms with Crippen molar-refractivity contribution < 1.29 is 9.59 Å². The predicted molar refractivity (Wildman–Crippen MR) is 109 cm³/mol. The lowest BCUT2D eigenvalue weighted by atomic mass is 10.1. The van der Waals surface area contributed by atoms with Gasteiger partial charge in [-0.25, -0.2) is 0 Å². The topological polar surface area (TPSA) is 68.1 Å². The first-order chi connectivity index (χ1) is 13.5. The maximum atomic E-state index is 12.9. The van der Waals surface area contributed by atoms with Gasteiger partial charge in [0.25, 0.3) is 0 Å². The van der Waals surface area contributed by atoms with Crippen LogP contribution in [-0.2, 0) is 17.8 Å². The fourth-order valence-corrected chi connectivity index (χ4v) is 5.44. The van der Waals surface area contributed by atoms with Crippen molar-refractivity contribution in [3.05, 3.63) is 33.0 Å². The smallest absolute Gasteiger partial charge is 0.223 e. The van der Waals surface area contributed by atoms with Crippen molar-refractivity contribution in [3.8, 4) is 0 Å². The van der Waals surface area contributed by atoms with Crippen LogP contribution in [0.15, 0.2) is 6.07 Å². The van der Waals surface area contributed by atoms with Gasteiger partial charge in [-0.3, -0.25) is 9.59 Å². The average molecular weight is 401 g/mol. The number of thiophene rings is 1. The van der Waals surface area contributed by atoms with Crippen molar-refractivity contribution >= 4 is 23.0 Å². The molecule has 0 bridgehead atoms. The fraction of sp³-hybridized carbons (Fsp3) is 0.619. The van der Waals surface area contributed by atoms with Gasteiger partial charge in [-0.05, 0) is 45.6 Å². The molecule has 0 radical (unpaired) electrons. The van der Waals surface area contributed by atoms with Crippen LogP contribution in [0.3, 0.4) is 0 Å². The second kappa shape index (κ2) is 8.15. The minimum Gasteiger partial charge on any atom is -0.332 e. The molecule has 2 aromatic heterocycles. The Hall–Kier alpha value is -2.02. The molecule has 0 spiro atoms. The van der Waals surface area contributed by atoms with Gasteiger partial charge in [0.1, 0.15) is 5.82 Å². The summed E-state index contributed by atoms with van der Waals surface area (Å²) in [5.41, 5.74) is 0.774. The molecule has 4 rings (SSSR count). The van der Waals surface area contributed by atoms with Gasteiger partial charge in [-0.15, -0.1) is 21.5 Å². The van der Waals surface area contributed by atoms with Gasteiger partial charge in [-0.1, -0.05) is 6.42 Å². The highest BCUT2D eigenvalue weighted by molar-refractivity contribution is 7.12. The van der Waals surface area contributed by atoms with E-state index in [0.717, 1.165) is 72.2 Å². The van der Waals surface area contributed by atoms with Gasteiger partial charge in [0.15, 0.2) is 11.6 Å². The number of carbonyl (C=O) groups excluding carboxylic acids is 2. The molecule has 1 fully saturated rings. The summed E-state index contributed by atoms with van der Waals surface area (Å²) in [6, 6.07) is 1.95. The molecule has 28 heavy (non-hydrogen) atoms. The van der Waals surface area contributed by atoms with E-state index in [9.17, 15) is 9.59 Å². The van der Waals surface area contributed by atoms with Gasteiger partial charge < -0.3 is 9.47 Å². The van der Waals surface area contributed by atoms with Crippen LogP contribution in [0.25, 0.3) is 0 Å². The van der Waals surface area contributed by atoms with Crippen molar-refractivity contribution in [1.29, 1.82) is 0 Å². The Bertz CT molecular complexity index is 885. The molecule has 0 aliphatic carbocycles. The molecule has 0 aromatic carbocycles. The lowest BCUT2D eigenvalue weighted by Gasteiger charge is -2.24. The van der Waals surface area contributed by atoms with Crippen LogP contribution in [0.5, 0.6) is 0 Å². The van der Waals surface area contributed by atoms with Crippen molar-refractivity contribution in [2.24, 2.45) is 0 Å². The third-order valence-electron chi connectivity index (χ3n) is 5.92. The molecule has 4 heterocycles. The van der Waals surface area contributed by atoms with Gasteiger partial charge in [0.05, 0.1) is 6.04 Å². The van der Waals surface area contributed by atoms with E-state index in [1.165, 1.54) is 6.42 Å². The third-order valence-corrected chi connectivity index (χ3v) is 6.88. The SMILES string of the molecule is Cc1cc(C(=O)CCC(=O)N2CCCC2c2nnc3n2CCCCC3)c(C)s1. The van der Waals surface area contributed by atoms with Crippen molar-refractivity contribution in [2.45, 2.75) is 77.8 Å². The van der Waals surface area contributed by atoms with E-state index in [4.69, 9.17) is 0 Å². The summed E-state index contributed by atoms with van der Waals surface area (Å²) in [5.74, 6) is 2.14. The second-order valence-corrected chi connectivity index (χ2v) is 9.39. The second-order valence-electron chi connectivity index (χ2n) is 7.93. The summed E-state index contributed by atoms with van der Waals surface area (Å²) >= 11 is 1.64. The van der Waals surface area contributed by atoms with Crippen LogP contribution in [0.4, 0.5) is 0 Å². The van der Waals surface area contributed by atoms with Crippen LogP contribution >= 0.6 is 11.3 Å². The van der Waals surface area contributed by atoms with E-state index in [1.807, 2.05) is 24.8 Å². The molecule has 150 valence electrons. The Morgan fingerprint density at radius 1 is 1.11 bits per heavy atom. The maximum absolute atomic E-state index is 12.9. The van der Waals surface area contributed by atoms with Crippen molar-refractivity contribution in [2.75, 3.05) is 6.54 Å². The Kier molecular flexibility index (Phi) is 5.62. The van der Waals surface area contributed by atoms with Crippen LogP contribution < -0.4 is 0 Å². The Labute approximate surface area is 170 Å². The number of rotatable bonds is 5. The van der Waals surface area contributed by atoms with E-state index < -0.39 is 0 Å². The molecule has 6 nitrogen and oxygen atoms in total. The van der Waals surface area contributed by atoms with Crippen LogP contribution in [0.1, 0.15) is 82.7 Å². The normalized spacial score (nSPS) is 19.5. The zero-order chi connectivity index (χ0) is 19.7. The van der Waals surface area contributed by atoms with Gasteiger partial charge in [0, 0.05) is 47.7 Å². The summed E-state index contributed by atoms with van der Waals surface area (Å²) < 4.78 is 2.24. The lowest BCUT2D eigenvalue weighted by molar-refractivity contribution is -0.132. The maximum Gasteiger partial charge on any atom is 0.223 e. The number of hydrogen-bond acceptors (Lipinski definition) is 5.